The van der Waals surface area contributed by atoms with E-state index in [-0.39, 0.29) is 12.1 Å². The van der Waals surface area contributed by atoms with Crippen molar-refractivity contribution < 1.29 is 9.84 Å². The van der Waals surface area contributed by atoms with Gasteiger partial charge in [0, 0.05) is 0 Å². The van der Waals surface area contributed by atoms with Crippen LogP contribution in [0, 0.1) is 5.92 Å². The molecule has 4 N–H and O–H groups in total. The summed E-state index contributed by atoms with van der Waals surface area (Å²) in [4.78, 5) is 8.22. The molecule has 2 rings (SSSR count). The molecule has 2 atom stereocenters. The van der Waals surface area contributed by atoms with Crippen molar-refractivity contribution >= 4 is 11.5 Å². The standard InChI is InChI=1S/C14H24N4O2/c1-3-20-13-11(15)12(16-9-17-13)18-14(8-19)6-4-5-10(2)7-14/h9-10,19H,3-8,15H2,1-2H3,(H,16,17,18). The molecule has 1 aliphatic carbocycles. The first kappa shape index (κ1) is 14.8. The molecule has 1 aromatic rings. The van der Waals surface area contributed by atoms with E-state index >= 15 is 0 Å². The first-order chi connectivity index (χ1) is 9.60. The van der Waals surface area contributed by atoms with Crippen LogP contribution in [-0.2, 0) is 0 Å². The number of aliphatic hydroxyl groups excluding tert-OH is 1. The molecule has 2 unspecified atom stereocenters. The Morgan fingerprint density at radius 3 is 3.00 bits per heavy atom. The van der Waals surface area contributed by atoms with Crippen molar-refractivity contribution in [3.8, 4) is 5.88 Å². The molecule has 0 radical (unpaired) electrons. The minimum atomic E-state index is -0.344. The zero-order valence-electron chi connectivity index (χ0n) is 12.2. The Bertz CT molecular complexity index is 455. The molecular weight excluding hydrogens is 256 g/mol. The molecule has 6 heteroatoms. The number of hydrogen-bond acceptors (Lipinski definition) is 6. The van der Waals surface area contributed by atoms with Crippen LogP contribution in [0.3, 0.4) is 0 Å². The van der Waals surface area contributed by atoms with E-state index in [4.69, 9.17) is 10.5 Å². The van der Waals surface area contributed by atoms with Crippen LogP contribution in [0.1, 0.15) is 39.5 Å². The van der Waals surface area contributed by atoms with Crippen molar-refractivity contribution in [2.24, 2.45) is 5.92 Å². The number of nitrogens with zero attached hydrogens (tertiary/aromatic N) is 2. The van der Waals surface area contributed by atoms with Crippen LogP contribution in [0.4, 0.5) is 11.5 Å². The summed E-state index contributed by atoms with van der Waals surface area (Å²) in [5.41, 5.74) is 6.10. The summed E-state index contributed by atoms with van der Waals surface area (Å²) in [5.74, 6) is 1.52. The van der Waals surface area contributed by atoms with Crippen molar-refractivity contribution in [3.63, 3.8) is 0 Å². The maximum Gasteiger partial charge on any atom is 0.242 e. The van der Waals surface area contributed by atoms with Crippen LogP contribution in [-0.4, -0.2) is 33.8 Å². The van der Waals surface area contributed by atoms with Gasteiger partial charge in [-0.05, 0) is 25.7 Å². The second kappa shape index (κ2) is 6.26. The quantitative estimate of drug-likeness (QED) is 0.761. The number of rotatable bonds is 5. The molecule has 1 fully saturated rings. The molecule has 112 valence electrons. The lowest BCUT2D eigenvalue weighted by Crippen LogP contribution is -2.46. The fourth-order valence-electron chi connectivity index (χ4n) is 2.94. The van der Waals surface area contributed by atoms with Crippen molar-refractivity contribution in [1.82, 2.24) is 9.97 Å². The average molecular weight is 280 g/mol. The van der Waals surface area contributed by atoms with E-state index in [0.29, 0.717) is 29.9 Å². The number of aromatic nitrogens is 2. The highest BCUT2D eigenvalue weighted by Gasteiger charge is 2.35. The second-order valence-corrected chi connectivity index (χ2v) is 5.64. The third-order valence-corrected chi connectivity index (χ3v) is 3.91. The third kappa shape index (κ3) is 3.12. The van der Waals surface area contributed by atoms with Gasteiger partial charge in [0.05, 0.1) is 18.8 Å². The van der Waals surface area contributed by atoms with Crippen molar-refractivity contribution in [2.75, 3.05) is 24.3 Å². The Hall–Kier alpha value is -1.56. The lowest BCUT2D eigenvalue weighted by Gasteiger charge is -2.40. The number of nitrogen functional groups attached to an aromatic ring is 1. The van der Waals surface area contributed by atoms with Gasteiger partial charge in [0.25, 0.3) is 0 Å². The maximum atomic E-state index is 9.81. The van der Waals surface area contributed by atoms with Crippen molar-refractivity contribution in [3.05, 3.63) is 6.33 Å². The Kier molecular flexibility index (Phi) is 4.65. The van der Waals surface area contributed by atoms with Gasteiger partial charge in [-0.2, -0.15) is 4.98 Å². The van der Waals surface area contributed by atoms with Gasteiger partial charge in [-0.1, -0.05) is 19.8 Å². The largest absolute Gasteiger partial charge is 0.476 e. The van der Waals surface area contributed by atoms with E-state index in [1.807, 2.05) is 6.92 Å². The van der Waals surface area contributed by atoms with Gasteiger partial charge in [-0.15, -0.1) is 0 Å². The summed E-state index contributed by atoms with van der Waals surface area (Å²) in [6, 6.07) is 0. The zero-order chi connectivity index (χ0) is 14.6. The summed E-state index contributed by atoms with van der Waals surface area (Å²) < 4.78 is 5.38. The summed E-state index contributed by atoms with van der Waals surface area (Å²) in [6.45, 7) is 4.67. The third-order valence-electron chi connectivity index (χ3n) is 3.91. The van der Waals surface area contributed by atoms with E-state index in [1.165, 1.54) is 12.7 Å². The highest BCUT2D eigenvalue weighted by Crippen LogP contribution is 2.36. The van der Waals surface area contributed by atoms with Crippen LogP contribution >= 0.6 is 0 Å². The Balaban J connectivity index is 2.21. The first-order valence-electron chi connectivity index (χ1n) is 7.22. The second-order valence-electron chi connectivity index (χ2n) is 5.64. The van der Waals surface area contributed by atoms with Gasteiger partial charge in [-0.25, -0.2) is 4.98 Å². The topological polar surface area (TPSA) is 93.3 Å². The number of aliphatic hydroxyl groups is 1. The lowest BCUT2D eigenvalue weighted by atomic mass is 9.77. The van der Waals surface area contributed by atoms with E-state index in [1.54, 1.807) is 0 Å². The SMILES string of the molecule is CCOc1ncnc(NC2(CO)CCCC(C)C2)c1N. The molecule has 0 amide bonds. The van der Waals surface area contributed by atoms with Crippen LogP contribution in [0.25, 0.3) is 0 Å². The van der Waals surface area contributed by atoms with Crippen LogP contribution in [0.2, 0.25) is 0 Å². The fourth-order valence-corrected chi connectivity index (χ4v) is 2.94. The fraction of sp³-hybridized carbons (Fsp3) is 0.714. The molecular formula is C14H24N4O2. The molecule has 1 heterocycles. The number of anilines is 2. The minimum absolute atomic E-state index is 0.0742. The minimum Gasteiger partial charge on any atom is -0.476 e. The van der Waals surface area contributed by atoms with E-state index in [9.17, 15) is 5.11 Å². The number of nitrogens with two attached hydrogens (primary N) is 1. The van der Waals surface area contributed by atoms with Gasteiger partial charge >= 0.3 is 0 Å². The van der Waals surface area contributed by atoms with Crippen molar-refractivity contribution in [1.29, 1.82) is 0 Å². The number of nitrogens with one attached hydrogen (secondary N) is 1. The van der Waals surface area contributed by atoms with Crippen molar-refractivity contribution in [2.45, 2.75) is 45.1 Å². The molecule has 0 aromatic carbocycles. The molecule has 6 nitrogen and oxygen atoms in total. The van der Waals surface area contributed by atoms with Crippen LogP contribution < -0.4 is 15.8 Å². The van der Waals surface area contributed by atoms with Crippen LogP contribution in [0.5, 0.6) is 5.88 Å². The van der Waals surface area contributed by atoms with Gasteiger partial charge in [0.15, 0.2) is 5.82 Å². The molecule has 1 aliphatic rings. The molecule has 1 saturated carbocycles. The monoisotopic (exact) mass is 280 g/mol. The lowest BCUT2D eigenvalue weighted by molar-refractivity contribution is 0.149. The zero-order valence-corrected chi connectivity index (χ0v) is 12.2. The Morgan fingerprint density at radius 1 is 1.55 bits per heavy atom. The highest BCUT2D eigenvalue weighted by atomic mass is 16.5. The van der Waals surface area contributed by atoms with E-state index < -0.39 is 0 Å². The predicted molar refractivity (Wildman–Crippen MR) is 78.7 cm³/mol. The average Bonchev–Trinajstić information content (AvgIpc) is 2.43. The molecule has 0 saturated heterocycles. The molecule has 20 heavy (non-hydrogen) atoms. The number of hydrogen-bond donors (Lipinski definition) is 3. The van der Waals surface area contributed by atoms with Gasteiger partial charge in [0.2, 0.25) is 5.88 Å². The summed E-state index contributed by atoms with van der Waals surface area (Å²) >= 11 is 0. The van der Waals surface area contributed by atoms with E-state index in [0.717, 1.165) is 19.3 Å². The maximum absolute atomic E-state index is 9.81. The summed E-state index contributed by atoms with van der Waals surface area (Å²) in [7, 11) is 0. The predicted octanol–water partition coefficient (Wildman–Crippen LogP) is 1.81. The molecule has 0 spiro atoms. The van der Waals surface area contributed by atoms with Gasteiger partial charge < -0.3 is 20.9 Å². The molecule has 1 aromatic heterocycles. The Labute approximate surface area is 119 Å². The normalized spacial score (nSPS) is 26.2. The Morgan fingerprint density at radius 2 is 2.35 bits per heavy atom. The smallest absolute Gasteiger partial charge is 0.242 e. The van der Waals surface area contributed by atoms with Crippen LogP contribution in [0.15, 0.2) is 6.33 Å². The highest BCUT2D eigenvalue weighted by molar-refractivity contribution is 5.67. The number of ether oxygens (including phenoxy) is 1. The van der Waals surface area contributed by atoms with E-state index in [2.05, 4.69) is 22.2 Å². The molecule has 0 bridgehead atoms. The summed E-state index contributed by atoms with van der Waals surface area (Å²) in [6.07, 6.45) is 5.56. The first-order valence-corrected chi connectivity index (χ1v) is 7.22. The van der Waals surface area contributed by atoms with Gasteiger partial charge in [0.1, 0.15) is 12.0 Å². The van der Waals surface area contributed by atoms with Gasteiger partial charge in [-0.3, -0.25) is 0 Å². The summed E-state index contributed by atoms with van der Waals surface area (Å²) in [5, 5.41) is 13.1. The molecule has 0 aliphatic heterocycles.